The van der Waals surface area contributed by atoms with Gasteiger partial charge in [-0.2, -0.15) is 0 Å². The van der Waals surface area contributed by atoms with Crippen molar-refractivity contribution in [1.82, 2.24) is 5.32 Å². The van der Waals surface area contributed by atoms with Crippen molar-refractivity contribution in [2.75, 3.05) is 12.3 Å². The third-order valence-electron chi connectivity index (χ3n) is 4.53. The molecule has 1 atom stereocenters. The summed E-state index contributed by atoms with van der Waals surface area (Å²) in [4.78, 5) is 0. The van der Waals surface area contributed by atoms with Gasteiger partial charge in [0.25, 0.3) is 0 Å². The molecule has 0 bridgehead atoms. The Hall–Kier alpha value is -0.0900. The van der Waals surface area contributed by atoms with E-state index >= 15 is 0 Å². The molecule has 0 heterocycles. The molecule has 2 saturated carbocycles. The molecule has 0 saturated heterocycles. The van der Waals surface area contributed by atoms with Crippen LogP contribution in [0.4, 0.5) is 0 Å². The smallest absolute Gasteiger partial charge is 0.154 e. The van der Waals surface area contributed by atoms with Gasteiger partial charge in [-0.25, -0.2) is 8.42 Å². The highest BCUT2D eigenvalue weighted by Gasteiger charge is 2.41. The molecule has 4 heteroatoms. The molecular formula is C14H27NO2S. The maximum atomic E-state index is 12.1. The Morgan fingerprint density at radius 1 is 1.06 bits per heavy atom. The zero-order chi connectivity index (χ0) is 13.3. The van der Waals surface area contributed by atoms with Gasteiger partial charge >= 0.3 is 0 Å². The molecule has 0 aromatic carbocycles. The van der Waals surface area contributed by atoms with Crippen molar-refractivity contribution in [1.29, 1.82) is 0 Å². The summed E-state index contributed by atoms with van der Waals surface area (Å²) in [5.74, 6) is 2.17. The predicted octanol–water partition coefficient (Wildman–Crippen LogP) is 2.22. The van der Waals surface area contributed by atoms with Crippen LogP contribution in [0.15, 0.2) is 0 Å². The van der Waals surface area contributed by atoms with Crippen molar-refractivity contribution in [2.45, 2.75) is 57.7 Å². The zero-order valence-corrected chi connectivity index (χ0v) is 12.7. The van der Waals surface area contributed by atoms with Gasteiger partial charge in [0.1, 0.15) is 0 Å². The van der Waals surface area contributed by atoms with Crippen LogP contribution in [0.1, 0.15) is 46.5 Å². The lowest BCUT2D eigenvalue weighted by Crippen LogP contribution is -2.38. The molecule has 0 aliphatic heterocycles. The van der Waals surface area contributed by atoms with Crippen molar-refractivity contribution < 1.29 is 8.42 Å². The third-order valence-corrected chi connectivity index (χ3v) is 6.98. The highest BCUT2D eigenvalue weighted by Crippen LogP contribution is 2.44. The summed E-state index contributed by atoms with van der Waals surface area (Å²) in [6.07, 6.45) is 5.35. The molecule has 1 unspecified atom stereocenters. The van der Waals surface area contributed by atoms with E-state index < -0.39 is 9.84 Å². The molecule has 18 heavy (non-hydrogen) atoms. The first-order valence-corrected chi connectivity index (χ1v) is 9.08. The Morgan fingerprint density at radius 3 is 1.94 bits per heavy atom. The van der Waals surface area contributed by atoms with E-state index in [1.54, 1.807) is 0 Å². The van der Waals surface area contributed by atoms with E-state index in [-0.39, 0.29) is 11.2 Å². The number of hydrogen-bond donors (Lipinski definition) is 1. The number of hydrogen-bond acceptors (Lipinski definition) is 3. The number of nitrogens with one attached hydrogen (secondary N) is 1. The molecule has 3 nitrogen and oxygen atoms in total. The first-order valence-electron chi connectivity index (χ1n) is 7.36. The molecular weight excluding hydrogens is 246 g/mol. The highest BCUT2D eigenvalue weighted by atomic mass is 32.2. The van der Waals surface area contributed by atoms with Crippen LogP contribution in [0.25, 0.3) is 0 Å². The van der Waals surface area contributed by atoms with Crippen LogP contribution in [-0.4, -0.2) is 32.0 Å². The highest BCUT2D eigenvalue weighted by molar-refractivity contribution is 7.92. The summed E-state index contributed by atoms with van der Waals surface area (Å²) in [5.41, 5.74) is 0. The Kier molecular flexibility index (Phi) is 4.37. The maximum Gasteiger partial charge on any atom is 0.154 e. The van der Waals surface area contributed by atoms with E-state index in [1.807, 2.05) is 20.8 Å². The largest absolute Gasteiger partial charge is 0.312 e. The van der Waals surface area contributed by atoms with Crippen LogP contribution < -0.4 is 5.32 Å². The van der Waals surface area contributed by atoms with Crippen LogP contribution in [-0.2, 0) is 9.84 Å². The second kappa shape index (κ2) is 5.49. The van der Waals surface area contributed by atoms with E-state index in [2.05, 4.69) is 5.32 Å². The van der Waals surface area contributed by atoms with Crippen molar-refractivity contribution >= 4 is 9.84 Å². The zero-order valence-electron chi connectivity index (χ0n) is 11.9. The predicted molar refractivity (Wildman–Crippen MR) is 75.3 cm³/mol. The van der Waals surface area contributed by atoms with Crippen molar-refractivity contribution in [3.8, 4) is 0 Å². The van der Waals surface area contributed by atoms with Gasteiger partial charge in [0, 0.05) is 12.6 Å². The molecule has 0 aromatic heterocycles. The van der Waals surface area contributed by atoms with Crippen molar-refractivity contribution in [3.05, 3.63) is 0 Å². The number of sulfone groups is 1. The fourth-order valence-corrected chi connectivity index (χ4v) is 4.20. The molecule has 0 spiro atoms. The molecule has 2 fully saturated rings. The molecule has 0 aromatic rings. The average Bonchev–Trinajstić information content (AvgIpc) is 3.15. The summed E-state index contributed by atoms with van der Waals surface area (Å²) in [5, 5.41) is 3.29. The average molecular weight is 273 g/mol. The molecule has 0 radical (unpaired) electrons. The molecule has 106 valence electrons. The van der Waals surface area contributed by atoms with E-state index in [0.717, 1.165) is 11.8 Å². The van der Waals surface area contributed by atoms with Gasteiger partial charge in [-0.3, -0.25) is 0 Å². The van der Waals surface area contributed by atoms with Crippen LogP contribution >= 0.6 is 0 Å². The van der Waals surface area contributed by atoms with Gasteiger partial charge in [0.2, 0.25) is 0 Å². The topological polar surface area (TPSA) is 46.2 Å². The Labute approximate surface area is 112 Å². The van der Waals surface area contributed by atoms with Crippen LogP contribution in [0.5, 0.6) is 0 Å². The van der Waals surface area contributed by atoms with Crippen molar-refractivity contribution in [3.63, 3.8) is 0 Å². The molecule has 2 aliphatic carbocycles. The SMILES string of the molecule is CC(C)C(C)S(=O)(=O)CCNC(C1CC1)C1CC1. The van der Waals surface area contributed by atoms with Gasteiger partial charge in [-0.05, 0) is 50.4 Å². The summed E-state index contributed by atoms with van der Waals surface area (Å²) in [7, 11) is -2.93. The van der Waals surface area contributed by atoms with Gasteiger partial charge in [0.15, 0.2) is 9.84 Å². The van der Waals surface area contributed by atoms with Crippen LogP contribution in [0.3, 0.4) is 0 Å². The summed E-state index contributed by atoms with van der Waals surface area (Å²) >= 11 is 0. The Bertz CT molecular complexity index is 357. The quantitative estimate of drug-likeness (QED) is 0.737. The lowest BCUT2D eigenvalue weighted by atomic mass is 10.1. The lowest BCUT2D eigenvalue weighted by Gasteiger charge is -2.20. The lowest BCUT2D eigenvalue weighted by molar-refractivity contribution is 0.426. The monoisotopic (exact) mass is 273 g/mol. The maximum absolute atomic E-state index is 12.1. The second-order valence-electron chi connectivity index (χ2n) is 6.47. The number of rotatable bonds is 8. The first kappa shape index (κ1) is 14.3. The minimum atomic E-state index is -2.93. The van der Waals surface area contributed by atoms with E-state index in [4.69, 9.17) is 0 Å². The van der Waals surface area contributed by atoms with Gasteiger partial charge in [-0.1, -0.05) is 13.8 Å². The normalized spacial score (nSPS) is 22.7. The third kappa shape index (κ3) is 3.70. The van der Waals surface area contributed by atoms with Gasteiger partial charge in [0.05, 0.1) is 11.0 Å². The standard InChI is InChI=1S/C14H27NO2S/c1-10(2)11(3)18(16,17)9-8-15-14(12-4-5-12)13-6-7-13/h10-15H,4-9H2,1-3H3. The summed E-state index contributed by atoms with van der Waals surface area (Å²) < 4.78 is 24.2. The fraction of sp³-hybridized carbons (Fsp3) is 1.00. The van der Waals surface area contributed by atoms with Gasteiger partial charge in [-0.15, -0.1) is 0 Å². The fourth-order valence-electron chi connectivity index (χ4n) is 2.60. The Balaban J connectivity index is 1.76. The van der Waals surface area contributed by atoms with Crippen LogP contribution in [0, 0.1) is 17.8 Å². The van der Waals surface area contributed by atoms with E-state index in [0.29, 0.717) is 18.3 Å². The van der Waals surface area contributed by atoms with E-state index in [1.165, 1.54) is 25.7 Å². The molecule has 2 aliphatic rings. The minimum absolute atomic E-state index is 0.206. The molecule has 0 amide bonds. The van der Waals surface area contributed by atoms with E-state index in [9.17, 15) is 8.42 Å². The van der Waals surface area contributed by atoms with Gasteiger partial charge < -0.3 is 5.32 Å². The summed E-state index contributed by atoms with van der Waals surface area (Å²) in [6, 6.07) is 0.606. The van der Waals surface area contributed by atoms with Crippen molar-refractivity contribution in [2.24, 2.45) is 17.8 Å². The minimum Gasteiger partial charge on any atom is -0.312 e. The van der Waals surface area contributed by atoms with Crippen LogP contribution in [0.2, 0.25) is 0 Å². The molecule has 2 rings (SSSR count). The molecule has 1 N–H and O–H groups in total. The second-order valence-corrected chi connectivity index (χ2v) is 8.95. The first-order chi connectivity index (χ1) is 8.42. The Morgan fingerprint density at radius 2 is 1.56 bits per heavy atom. The summed E-state index contributed by atoms with van der Waals surface area (Å²) in [6.45, 7) is 6.43.